The first-order chi connectivity index (χ1) is 10.3. The van der Waals surface area contributed by atoms with E-state index in [9.17, 15) is 4.79 Å². The van der Waals surface area contributed by atoms with Gasteiger partial charge in [0.15, 0.2) is 0 Å². The molecule has 0 atom stereocenters. The van der Waals surface area contributed by atoms with Crippen molar-refractivity contribution in [2.45, 2.75) is 0 Å². The van der Waals surface area contributed by atoms with Crippen molar-refractivity contribution in [2.24, 2.45) is 0 Å². The number of pyridine rings is 1. The molecule has 0 aliphatic rings. The normalized spacial score (nSPS) is 11.0. The van der Waals surface area contributed by atoms with Gasteiger partial charge < -0.3 is 9.72 Å². The van der Waals surface area contributed by atoms with Crippen LogP contribution in [-0.4, -0.2) is 25.6 Å². The van der Waals surface area contributed by atoms with Crippen molar-refractivity contribution in [1.82, 2.24) is 19.7 Å². The number of nitrogens with zero attached hydrogens (tertiary/aromatic N) is 4. The third-order valence-electron chi connectivity index (χ3n) is 3.18. The average Bonchev–Trinajstić information content (AvgIpc) is 3.14. The van der Waals surface area contributed by atoms with E-state index in [1.807, 2.05) is 6.07 Å². The van der Waals surface area contributed by atoms with Gasteiger partial charge >= 0.3 is 0 Å². The molecule has 1 amide bonds. The zero-order chi connectivity index (χ0) is 14.2. The number of amides is 1. The number of imidazole rings is 1. The summed E-state index contributed by atoms with van der Waals surface area (Å²) in [6.07, 6.45) is 5.11. The van der Waals surface area contributed by atoms with Gasteiger partial charge in [0.25, 0.3) is 5.91 Å². The lowest BCUT2D eigenvalue weighted by molar-refractivity contribution is 0.102. The number of fused-ring (bicyclic) bond motifs is 2. The fourth-order valence-corrected chi connectivity index (χ4v) is 2.12. The molecule has 3 heterocycles. The van der Waals surface area contributed by atoms with Crippen LogP contribution in [0.2, 0.25) is 0 Å². The maximum atomic E-state index is 12.2. The predicted molar refractivity (Wildman–Crippen MR) is 74.9 cm³/mol. The average molecular weight is 279 g/mol. The number of aromatic nitrogens is 4. The van der Waals surface area contributed by atoms with Gasteiger partial charge in [-0.1, -0.05) is 0 Å². The molecule has 0 saturated carbocycles. The monoisotopic (exact) mass is 279 g/mol. The van der Waals surface area contributed by atoms with Crippen LogP contribution >= 0.6 is 0 Å². The summed E-state index contributed by atoms with van der Waals surface area (Å²) < 4.78 is 6.42. The Bertz CT molecular complexity index is 956. The summed E-state index contributed by atoms with van der Waals surface area (Å²) in [4.78, 5) is 16.3. The molecule has 0 aliphatic heterocycles. The van der Waals surface area contributed by atoms with Crippen molar-refractivity contribution < 1.29 is 9.42 Å². The molecule has 0 aliphatic carbocycles. The molecule has 0 radical (unpaired) electrons. The summed E-state index contributed by atoms with van der Waals surface area (Å²) in [7, 11) is 0. The second kappa shape index (κ2) is 4.41. The maximum Gasteiger partial charge on any atom is 0.257 e. The molecule has 1 N–H and O–H groups in total. The van der Waals surface area contributed by atoms with Crippen molar-refractivity contribution >= 4 is 28.1 Å². The van der Waals surface area contributed by atoms with Gasteiger partial charge in [0.05, 0.1) is 23.6 Å². The summed E-state index contributed by atoms with van der Waals surface area (Å²) in [5.74, 6) is -0.207. The minimum absolute atomic E-state index is 0.207. The number of anilines is 1. The van der Waals surface area contributed by atoms with Crippen LogP contribution < -0.4 is 5.32 Å². The van der Waals surface area contributed by atoms with E-state index < -0.39 is 0 Å². The number of hydrogen-bond donors (Lipinski definition) is 1. The number of carbonyl (C=O) groups excluding carboxylic acids is 1. The van der Waals surface area contributed by atoms with E-state index in [4.69, 9.17) is 0 Å². The third-order valence-corrected chi connectivity index (χ3v) is 3.18. The van der Waals surface area contributed by atoms with Crippen molar-refractivity contribution in [3.63, 3.8) is 0 Å². The van der Waals surface area contributed by atoms with Crippen molar-refractivity contribution in [2.75, 3.05) is 5.32 Å². The molecule has 1 aromatic carbocycles. The Balaban J connectivity index is 1.64. The Kier molecular flexibility index (Phi) is 2.43. The van der Waals surface area contributed by atoms with Crippen LogP contribution in [0.4, 0.5) is 5.69 Å². The first-order valence-electron chi connectivity index (χ1n) is 6.25. The highest BCUT2D eigenvalue weighted by Crippen LogP contribution is 2.16. The van der Waals surface area contributed by atoms with Crippen molar-refractivity contribution in [3.8, 4) is 0 Å². The van der Waals surface area contributed by atoms with Crippen LogP contribution in [0, 0.1) is 0 Å². The van der Waals surface area contributed by atoms with Gasteiger partial charge in [-0.3, -0.25) is 4.79 Å². The van der Waals surface area contributed by atoms with Gasteiger partial charge in [0.2, 0.25) is 0 Å². The standard InChI is InChI=1S/C14H9N5O2/c20-14(9-1-3-11-6-15-8-19(11)7-9)16-10-2-4-12-13(5-10)18-21-17-12/h1-8H,(H,16,20). The topological polar surface area (TPSA) is 85.3 Å². The van der Waals surface area contributed by atoms with Gasteiger partial charge in [-0.15, -0.1) is 0 Å². The van der Waals surface area contributed by atoms with E-state index in [2.05, 4.69) is 25.2 Å². The Morgan fingerprint density at radius 2 is 2.05 bits per heavy atom. The van der Waals surface area contributed by atoms with Crippen molar-refractivity contribution in [1.29, 1.82) is 0 Å². The lowest BCUT2D eigenvalue weighted by Gasteiger charge is -2.05. The van der Waals surface area contributed by atoms with Crippen LogP contribution in [-0.2, 0) is 0 Å². The van der Waals surface area contributed by atoms with Crippen LogP contribution in [0.25, 0.3) is 16.6 Å². The molecule has 7 nitrogen and oxygen atoms in total. The van der Waals surface area contributed by atoms with Crippen molar-refractivity contribution in [3.05, 3.63) is 54.6 Å². The van der Waals surface area contributed by atoms with Gasteiger partial charge in [-0.2, -0.15) is 0 Å². The summed E-state index contributed by atoms with van der Waals surface area (Å²) in [5, 5.41) is 10.3. The molecule has 3 aromatic heterocycles. The molecular weight excluding hydrogens is 270 g/mol. The number of benzene rings is 1. The Morgan fingerprint density at radius 1 is 1.14 bits per heavy atom. The highest BCUT2D eigenvalue weighted by atomic mass is 16.6. The molecule has 4 aromatic rings. The van der Waals surface area contributed by atoms with Gasteiger partial charge in [-0.05, 0) is 40.6 Å². The fraction of sp³-hybridized carbons (Fsp3) is 0. The molecule has 0 bridgehead atoms. The predicted octanol–water partition coefficient (Wildman–Crippen LogP) is 2.12. The summed E-state index contributed by atoms with van der Waals surface area (Å²) in [5.41, 5.74) is 3.35. The Labute approximate surface area is 118 Å². The molecule has 4 rings (SSSR count). The summed E-state index contributed by atoms with van der Waals surface area (Å²) >= 11 is 0. The first kappa shape index (κ1) is 11.6. The molecule has 0 saturated heterocycles. The molecular formula is C14H9N5O2. The molecule has 0 unspecified atom stereocenters. The second-order valence-electron chi connectivity index (χ2n) is 4.57. The van der Waals surface area contributed by atoms with Crippen LogP contribution in [0.1, 0.15) is 10.4 Å². The zero-order valence-electron chi connectivity index (χ0n) is 10.7. The van der Waals surface area contributed by atoms with Gasteiger partial charge in [0, 0.05) is 11.9 Å². The highest BCUT2D eigenvalue weighted by molar-refractivity contribution is 6.04. The summed E-state index contributed by atoms with van der Waals surface area (Å²) in [6, 6.07) is 8.79. The highest BCUT2D eigenvalue weighted by Gasteiger charge is 2.09. The summed E-state index contributed by atoms with van der Waals surface area (Å²) in [6.45, 7) is 0. The molecule has 0 spiro atoms. The zero-order valence-corrected chi connectivity index (χ0v) is 10.7. The molecule has 7 heteroatoms. The van der Waals surface area contributed by atoms with E-state index in [0.717, 1.165) is 5.52 Å². The van der Waals surface area contributed by atoms with E-state index in [1.165, 1.54) is 0 Å². The minimum Gasteiger partial charge on any atom is -0.322 e. The Morgan fingerprint density at radius 3 is 3.00 bits per heavy atom. The largest absolute Gasteiger partial charge is 0.322 e. The minimum atomic E-state index is -0.207. The van der Waals surface area contributed by atoms with Gasteiger partial charge in [0.1, 0.15) is 11.0 Å². The van der Waals surface area contributed by atoms with Crippen LogP contribution in [0.5, 0.6) is 0 Å². The SMILES string of the molecule is O=C(Nc1ccc2nonc2c1)c1ccc2cncn2c1. The number of rotatable bonds is 2. The quantitative estimate of drug-likeness (QED) is 0.607. The first-order valence-corrected chi connectivity index (χ1v) is 6.25. The number of carbonyl (C=O) groups is 1. The third kappa shape index (κ3) is 2.00. The Hall–Kier alpha value is -3.22. The van der Waals surface area contributed by atoms with E-state index in [-0.39, 0.29) is 5.91 Å². The smallest absolute Gasteiger partial charge is 0.257 e. The second-order valence-corrected chi connectivity index (χ2v) is 4.57. The fourth-order valence-electron chi connectivity index (χ4n) is 2.12. The van der Waals surface area contributed by atoms with E-state index in [1.54, 1.807) is 47.4 Å². The lowest BCUT2D eigenvalue weighted by atomic mass is 10.2. The number of nitrogens with one attached hydrogen (secondary N) is 1. The molecule has 102 valence electrons. The van der Waals surface area contributed by atoms with Gasteiger partial charge in [-0.25, -0.2) is 9.61 Å². The van der Waals surface area contributed by atoms with E-state index in [0.29, 0.717) is 22.3 Å². The number of hydrogen-bond acceptors (Lipinski definition) is 5. The maximum absolute atomic E-state index is 12.2. The molecule has 0 fully saturated rings. The van der Waals surface area contributed by atoms with Crippen LogP contribution in [0.3, 0.4) is 0 Å². The van der Waals surface area contributed by atoms with E-state index >= 15 is 0 Å². The lowest BCUT2D eigenvalue weighted by Crippen LogP contribution is -2.12. The molecule has 21 heavy (non-hydrogen) atoms. The van der Waals surface area contributed by atoms with Crippen LogP contribution in [0.15, 0.2) is 53.7 Å².